The zero-order chi connectivity index (χ0) is 14.2. The zero-order valence-corrected chi connectivity index (χ0v) is 13.1. The molecule has 0 aliphatic rings. The molecule has 0 unspecified atom stereocenters. The number of aromatic nitrogens is 2. The standard InChI is InChI=1S/C15H22N2OS/c1-11(10-19(18)15(2,3)4)12-7-6-8-14-13(12)9-16-17(14)5/h6-9,11H,10H2,1-5H3/t11-,19-/m0/s1. The molecule has 0 aliphatic heterocycles. The van der Waals surface area contributed by atoms with E-state index in [0.29, 0.717) is 5.75 Å². The van der Waals surface area contributed by atoms with E-state index in [1.807, 2.05) is 38.7 Å². The normalized spacial score (nSPS) is 15.6. The third-order valence-corrected chi connectivity index (χ3v) is 5.61. The Hall–Kier alpha value is -1.16. The van der Waals surface area contributed by atoms with E-state index in [4.69, 9.17) is 0 Å². The Bertz CT molecular complexity index is 610. The molecule has 1 aromatic heterocycles. The summed E-state index contributed by atoms with van der Waals surface area (Å²) in [5.74, 6) is 0.963. The SMILES string of the molecule is C[C@@H](C[S@](=O)C(C)(C)C)c1cccc2c1cnn2C. The summed E-state index contributed by atoms with van der Waals surface area (Å²) in [5.41, 5.74) is 2.37. The van der Waals surface area contributed by atoms with Crippen molar-refractivity contribution in [1.82, 2.24) is 9.78 Å². The van der Waals surface area contributed by atoms with Crippen LogP contribution in [0.25, 0.3) is 10.9 Å². The molecule has 0 aliphatic carbocycles. The van der Waals surface area contributed by atoms with Gasteiger partial charge < -0.3 is 0 Å². The van der Waals surface area contributed by atoms with Crippen molar-refractivity contribution in [3.63, 3.8) is 0 Å². The van der Waals surface area contributed by atoms with Crippen LogP contribution in [0.3, 0.4) is 0 Å². The molecule has 0 fully saturated rings. The fourth-order valence-electron chi connectivity index (χ4n) is 2.20. The second-order valence-corrected chi connectivity index (χ2v) is 8.32. The van der Waals surface area contributed by atoms with Crippen molar-refractivity contribution < 1.29 is 4.21 Å². The summed E-state index contributed by atoms with van der Waals surface area (Å²) in [6.45, 7) is 8.23. The predicted molar refractivity (Wildman–Crippen MR) is 81.9 cm³/mol. The highest BCUT2D eigenvalue weighted by Gasteiger charge is 2.23. The van der Waals surface area contributed by atoms with E-state index in [1.165, 1.54) is 10.9 Å². The Morgan fingerprint density at radius 2 is 2.05 bits per heavy atom. The topological polar surface area (TPSA) is 34.9 Å². The Labute approximate surface area is 117 Å². The van der Waals surface area contributed by atoms with Crippen molar-refractivity contribution in [2.45, 2.75) is 38.4 Å². The van der Waals surface area contributed by atoms with Crippen molar-refractivity contribution in [1.29, 1.82) is 0 Å². The molecule has 104 valence electrons. The van der Waals surface area contributed by atoms with Gasteiger partial charge in [-0.3, -0.25) is 8.89 Å². The molecular weight excluding hydrogens is 256 g/mol. The maximum atomic E-state index is 12.3. The molecule has 3 nitrogen and oxygen atoms in total. The van der Waals surface area contributed by atoms with Gasteiger partial charge in [0.15, 0.2) is 0 Å². The second-order valence-electron chi connectivity index (χ2n) is 6.07. The molecule has 0 amide bonds. The van der Waals surface area contributed by atoms with Crippen LogP contribution in [-0.2, 0) is 17.8 Å². The third-order valence-electron chi connectivity index (χ3n) is 3.44. The highest BCUT2D eigenvalue weighted by Crippen LogP contribution is 2.27. The number of fused-ring (bicyclic) bond motifs is 1. The van der Waals surface area contributed by atoms with E-state index < -0.39 is 10.8 Å². The molecular formula is C15H22N2OS. The maximum Gasteiger partial charge on any atom is 0.0681 e. The summed E-state index contributed by atoms with van der Waals surface area (Å²) in [6.07, 6.45) is 1.90. The largest absolute Gasteiger partial charge is 0.268 e. The van der Waals surface area contributed by atoms with Crippen LogP contribution in [0.15, 0.2) is 24.4 Å². The van der Waals surface area contributed by atoms with Crippen LogP contribution in [0.5, 0.6) is 0 Å². The van der Waals surface area contributed by atoms with Crippen LogP contribution in [0.2, 0.25) is 0 Å². The molecule has 2 aromatic rings. The van der Waals surface area contributed by atoms with Crippen LogP contribution in [0.1, 0.15) is 39.2 Å². The van der Waals surface area contributed by atoms with Crippen molar-refractivity contribution in [3.8, 4) is 0 Å². The van der Waals surface area contributed by atoms with E-state index in [2.05, 4.69) is 30.2 Å². The van der Waals surface area contributed by atoms with Crippen LogP contribution in [-0.4, -0.2) is 24.5 Å². The van der Waals surface area contributed by atoms with E-state index in [-0.39, 0.29) is 10.7 Å². The molecule has 0 N–H and O–H groups in total. The lowest BCUT2D eigenvalue weighted by Gasteiger charge is -2.21. The van der Waals surface area contributed by atoms with Gasteiger partial charge >= 0.3 is 0 Å². The molecule has 1 heterocycles. The first kappa shape index (κ1) is 14.3. The quantitative estimate of drug-likeness (QED) is 0.864. The summed E-state index contributed by atoms with van der Waals surface area (Å²) in [5, 5.41) is 5.48. The molecule has 1 aromatic carbocycles. The zero-order valence-electron chi connectivity index (χ0n) is 12.3. The minimum Gasteiger partial charge on any atom is -0.268 e. The van der Waals surface area contributed by atoms with Gasteiger partial charge in [-0.25, -0.2) is 0 Å². The monoisotopic (exact) mass is 278 g/mol. The van der Waals surface area contributed by atoms with Crippen molar-refractivity contribution in [2.24, 2.45) is 7.05 Å². The molecule has 0 radical (unpaired) electrons. The van der Waals surface area contributed by atoms with Crippen LogP contribution in [0, 0.1) is 0 Å². The van der Waals surface area contributed by atoms with Crippen LogP contribution < -0.4 is 0 Å². The lowest BCUT2D eigenvalue weighted by atomic mass is 9.99. The van der Waals surface area contributed by atoms with Crippen LogP contribution >= 0.6 is 0 Å². The summed E-state index contributed by atoms with van der Waals surface area (Å²) in [6, 6.07) is 6.24. The summed E-state index contributed by atoms with van der Waals surface area (Å²) in [7, 11) is 1.12. The number of rotatable bonds is 3. The van der Waals surface area contributed by atoms with Gasteiger partial charge in [-0.2, -0.15) is 5.10 Å². The highest BCUT2D eigenvalue weighted by molar-refractivity contribution is 7.86. The molecule has 0 saturated carbocycles. The second kappa shape index (κ2) is 5.08. The third kappa shape index (κ3) is 2.89. The van der Waals surface area contributed by atoms with Gasteiger partial charge in [-0.15, -0.1) is 0 Å². The maximum absolute atomic E-state index is 12.3. The Morgan fingerprint density at radius 3 is 2.68 bits per heavy atom. The van der Waals surface area contributed by atoms with Gasteiger partial charge in [0.25, 0.3) is 0 Å². The lowest BCUT2D eigenvalue weighted by molar-refractivity contribution is 0.643. The molecule has 0 saturated heterocycles. The van der Waals surface area contributed by atoms with Gasteiger partial charge in [0, 0.05) is 33.7 Å². The van der Waals surface area contributed by atoms with Gasteiger partial charge in [0.05, 0.1) is 11.7 Å². The molecule has 19 heavy (non-hydrogen) atoms. The van der Waals surface area contributed by atoms with E-state index in [9.17, 15) is 4.21 Å². The van der Waals surface area contributed by atoms with Crippen LogP contribution in [0.4, 0.5) is 0 Å². The van der Waals surface area contributed by atoms with Gasteiger partial charge in [-0.1, -0.05) is 19.1 Å². The van der Waals surface area contributed by atoms with Gasteiger partial charge in [0.1, 0.15) is 0 Å². The number of hydrogen-bond donors (Lipinski definition) is 0. The smallest absolute Gasteiger partial charge is 0.0681 e. The van der Waals surface area contributed by atoms with Gasteiger partial charge in [0.2, 0.25) is 0 Å². The minimum atomic E-state index is -0.831. The Morgan fingerprint density at radius 1 is 1.37 bits per heavy atom. The first-order valence-corrected chi connectivity index (χ1v) is 7.91. The van der Waals surface area contributed by atoms with E-state index >= 15 is 0 Å². The molecule has 0 spiro atoms. The highest BCUT2D eigenvalue weighted by atomic mass is 32.2. The molecule has 2 atom stereocenters. The number of aryl methyl sites for hydroxylation is 1. The summed E-state index contributed by atoms with van der Waals surface area (Å²) < 4.78 is 14.0. The average molecular weight is 278 g/mol. The molecule has 4 heteroatoms. The van der Waals surface area contributed by atoms with Gasteiger partial charge in [-0.05, 0) is 38.3 Å². The summed E-state index contributed by atoms with van der Waals surface area (Å²) in [4.78, 5) is 0. The molecule has 0 bridgehead atoms. The summed E-state index contributed by atoms with van der Waals surface area (Å²) >= 11 is 0. The van der Waals surface area contributed by atoms with E-state index in [0.717, 1.165) is 5.52 Å². The Balaban J connectivity index is 2.32. The van der Waals surface area contributed by atoms with Crippen molar-refractivity contribution in [3.05, 3.63) is 30.0 Å². The average Bonchev–Trinajstić information content (AvgIpc) is 2.70. The predicted octanol–water partition coefficient (Wildman–Crippen LogP) is 3.22. The van der Waals surface area contributed by atoms with Crippen molar-refractivity contribution in [2.75, 3.05) is 5.75 Å². The minimum absolute atomic E-state index is 0.156. The lowest BCUT2D eigenvalue weighted by Crippen LogP contribution is -2.26. The fourth-order valence-corrected chi connectivity index (χ4v) is 3.33. The fraction of sp³-hybridized carbons (Fsp3) is 0.533. The first-order valence-electron chi connectivity index (χ1n) is 6.60. The van der Waals surface area contributed by atoms with E-state index in [1.54, 1.807) is 0 Å². The van der Waals surface area contributed by atoms with Crippen molar-refractivity contribution >= 4 is 21.7 Å². The Kier molecular flexibility index (Phi) is 3.81. The first-order chi connectivity index (χ1) is 8.80. The number of nitrogens with zero attached hydrogens (tertiary/aromatic N) is 2. The molecule has 2 rings (SSSR count). The number of hydrogen-bond acceptors (Lipinski definition) is 2. The number of benzene rings is 1.